The summed E-state index contributed by atoms with van der Waals surface area (Å²) >= 11 is 0. The molecular formula is C13H15F4NO. The molecular weight excluding hydrogens is 262 g/mol. The molecule has 6 heteroatoms. The fraction of sp³-hybridized carbons (Fsp3) is 0.538. The van der Waals surface area contributed by atoms with Crippen molar-refractivity contribution in [3.05, 3.63) is 29.3 Å². The number of rotatable bonds is 2. The molecule has 2 nitrogen and oxygen atoms in total. The van der Waals surface area contributed by atoms with Crippen LogP contribution >= 0.6 is 0 Å². The number of aliphatic hydroxyl groups is 1. The lowest BCUT2D eigenvalue weighted by atomic mass is 10.1. The SMILES string of the molecule is OC1CCCCCC1Nc1c(F)c(F)cc(F)c1F. The molecule has 1 saturated carbocycles. The molecule has 19 heavy (non-hydrogen) atoms. The fourth-order valence-electron chi connectivity index (χ4n) is 2.34. The second-order valence-electron chi connectivity index (χ2n) is 4.80. The fourth-order valence-corrected chi connectivity index (χ4v) is 2.34. The minimum absolute atomic E-state index is 0.166. The van der Waals surface area contributed by atoms with Crippen molar-refractivity contribution in [3.63, 3.8) is 0 Å². The molecule has 2 N–H and O–H groups in total. The highest BCUT2D eigenvalue weighted by Gasteiger charge is 2.26. The first-order chi connectivity index (χ1) is 9.00. The first-order valence-corrected chi connectivity index (χ1v) is 6.28. The lowest BCUT2D eigenvalue weighted by Gasteiger charge is -2.23. The van der Waals surface area contributed by atoms with Crippen LogP contribution in [-0.4, -0.2) is 17.3 Å². The molecule has 2 rings (SSSR count). The Bertz CT molecular complexity index is 440. The molecule has 0 aliphatic heterocycles. The van der Waals surface area contributed by atoms with Gasteiger partial charge in [-0.05, 0) is 12.8 Å². The molecule has 1 aliphatic carbocycles. The van der Waals surface area contributed by atoms with Crippen LogP contribution in [0.2, 0.25) is 0 Å². The van der Waals surface area contributed by atoms with Crippen molar-refractivity contribution in [2.45, 2.75) is 44.2 Å². The summed E-state index contributed by atoms with van der Waals surface area (Å²) in [6.07, 6.45) is 2.74. The number of nitrogens with one attached hydrogen (secondary N) is 1. The third-order valence-corrected chi connectivity index (χ3v) is 3.42. The summed E-state index contributed by atoms with van der Waals surface area (Å²) in [5.41, 5.74) is -0.844. The van der Waals surface area contributed by atoms with E-state index >= 15 is 0 Å². The molecule has 106 valence electrons. The predicted molar refractivity (Wildman–Crippen MR) is 62.8 cm³/mol. The van der Waals surface area contributed by atoms with E-state index in [1.54, 1.807) is 0 Å². The molecule has 1 aromatic rings. The maximum atomic E-state index is 13.5. The van der Waals surface area contributed by atoms with Gasteiger partial charge in [-0.1, -0.05) is 19.3 Å². The van der Waals surface area contributed by atoms with Crippen LogP contribution in [0.4, 0.5) is 23.2 Å². The van der Waals surface area contributed by atoms with E-state index < -0.39 is 41.1 Å². The molecule has 0 aromatic heterocycles. The number of aliphatic hydroxyl groups excluding tert-OH is 1. The summed E-state index contributed by atoms with van der Waals surface area (Å²) in [7, 11) is 0. The van der Waals surface area contributed by atoms with Crippen molar-refractivity contribution >= 4 is 5.69 Å². The van der Waals surface area contributed by atoms with E-state index in [0.29, 0.717) is 12.8 Å². The van der Waals surface area contributed by atoms with E-state index in [0.717, 1.165) is 19.3 Å². The van der Waals surface area contributed by atoms with E-state index in [1.807, 2.05) is 0 Å². The third kappa shape index (κ3) is 3.00. The van der Waals surface area contributed by atoms with Gasteiger partial charge in [0.2, 0.25) is 0 Å². The van der Waals surface area contributed by atoms with E-state index in [9.17, 15) is 22.7 Å². The number of benzene rings is 1. The van der Waals surface area contributed by atoms with Gasteiger partial charge in [-0.25, -0.2) is 17.6 Å². The number of halogens is 4. The summed E-state index contributed by atoms with van der Waals surface area (Å²) in [6, 6.07) is -0.438. The zero-order valence-corrected chi connectivity index (χ0v) is 10.2. The van der Waals surface area contributed by atoms with Crippen molar-refractivity contribution < 1.29 is 22.7 Å². The minimum Gasteiger partial charge on any atom is -0.391 e. The summed E-state index contributed by atoms with van der Waals surface area (Å²) < 4.78 is 53.1. The van der Waals surface area contributed by atoms with Gasteiger partial charge in [0, 0.05) is 6.07 Å². The lowest BCUT2D eigenvalue weighted by molar-refractivity contribution is 0.144. The van der Waals surface area contributed by atoms with Crippen LogP contribution in [0.1, 0.15) is 32.1 Å². The molecule has 0 spiro atoms. The minimum atomic E-state index is -1.46. The Hall–Kier alpha value is -1.30. The van der Waals surface area contributed by atoms with E-state index in [1.165, 1.54) is 0 Å². The average Bonchev–Trinajstić information content (AvgIpc) is 2.57. The Morgan fingerprint density at radius 1 is 0.947 bits per heavy atom. The monoisotopic (exact) mass is 277 g/mol. The molecule has 2 unspecified atom stereocenters. The summed E-state index contributed by atoms with van der Waals surface area (Å²) in [5, 5.41) is 12.2. The second kappa shape index (κ2) is 5.77. The Morgan fingerprint density at radius 3 is 2.16 bits per heavy atom. The van der Waals surface area contributed by atoms with Gasteiger partial charge in [0.25, 0.3) is 0 Å². The Balaban J connectivity index is 2.27. The van der Waals surface area contributed by atoms with Crippen LogP contribution in [0.3, 0.4) is 0 Å². The first kappa shape index (κ1) is 14.1. The van der Waals surface area contributed by atoms with Gasteiger partial charge in [-0.15, -0.1) is 0 Å². The average molecular weight is 277 g/mol. The highest BCUT2D eigenvalue weighted by Crippen LogP contribution is 2.28. The Labute approximate surface area is 108 Å². The van der Waals surface area contributed by atoms with E-state index in [4.69, 9.17) is 0 Å². The van der Waals surface area contributed by atoms with Crippen LogP contribution in [0.25, 0.3) is 0 Å². The van der Waals surface area contributed by atoms with Gasteiger partial charge in [-0.2, -0.15) is 0 Å². The van der Waals surface area contributed by atoms with Gasteiger partial charge < -0.3 is 10.4 Å². The molecule has 0 bridgehead atoms. The maximum Gasteiger partial charge on any atom is 0.185 e. The smallest absolute Gasteiger partial charge is 0.185 e. The summed E-state index contributed by atoms with van der Waals surface area (Å²) in [4.78, 5) is 0. The normalized spacial score (nSPS) is 24.1. The van der Waals surface area contributed by atoms with Crippen molar-refractivity contribution in [2.24, 2.45) is 0 Å². The van der Waals surface area contributed by atoms with Crippen molar-refractivity contribution in [1.29, 1.82) is 0 Å². The maximum absolute atomic E-state index is 13.5. The van der Waals surface area contributed by atoms with Gasteiger partial charge in [-0.3, -0.25) is 0 Å². The predicted octanol–water partition coefficient (Wildman–Crippen LogP) is 3.35. The Kier molecular flexibility index (Phi) is 4.29. The van der Waals surface area contributed by atoms with Crippen LogP contribution in [-0.2, 0) is 0 Å². The molecule has 1 aromatic carbocycles. The zero-order chi connectivity index (χ0) is 14.0. The van der Waals surface area contributed by atoms with Crippen LogP contribution in [0.5, 0.6) is 0 Å². The van der Waals surface area contributed by atoms with E-state index in [2.05, 4.69) is 5.32 Å². The Morgan fingerprint density at radius 2 is 1.53 bits per heavy atom. The largest absolute Gasteiger partial charge is 0.391 e. The molecule has 0 saturated heterocycles. The van der Waals surface area contributed by atoms with Gasteiger partial charge in [0.05, 0.1) is 12.1 Å². The molecule has 2 atom stereocenters. The molecule has 0 amide bonds. The number of hydrogen-bond acceptors (Lipinski definition) is 2. The molecule has 0 heterocycles. The lowest BCUT2D eigenvalue weighted by Crippen LogP contribution is -2.33. The van der Waals surface area contributed by atoms with Gasteiger partial charge >= 0.3 is 0 Å². The summed E-state index contributed by atoms with van der Waals surface area (Å²) in [5.74, 6) is -5.83. The first-order valence-electron chi connectivity index (χ1n) is 6.28. The number of anilines is 1. The number of hydrogen-bond donors (Lipinski definition) is 2. The molecule has 1 aliphatic rings. The van der Waals surface area contributed by atoms with Crippen molar-refractivity contribution in [3.8, 4) is 0 Å². The third-order valence-electron chi connectivity index (χ3n) is 3.42. The van der Waals surface area contributed by atoms with Crippen LogP contribution < -0.4 is 5.32 Å². The quantitative estimate of drug-likeness (QED) is 0.493. The van der Waals surface area contributed by atoms with Crippen LogP contribution in [0, 0.1) is 23.3 Å². The van der Waals surface area contributed by atoms with Gasteiger partial charge in [0.15, 0.2) is 23.3 Å². The topological polar surface area (TPSA) is 32.3 Å². The van der Waals surface area contributed by atoms with Gasteiger partial charge in [0.1, 0.15) is 5.69 Å². The van der Waals surface area contributed by atoms with E-state index in [-0.39, 0.29) is 6.07 Å². The van der Waals surface area contributed by atoms with Crippen molar-refractivity contribution in [2.75, 3.05) is 5.32 Å². The highest BCUT2D eigenvalue weighted by atomic mass is 19.2. The van der Waals surface area contributed by atoms with Crippen LogP contribution in [0.15, 0.2) is 6.07 Å². The second-order valence-corrected chi connectivity index (χ2v) is 4.80. The summed E-state index contributed by atoms with van der Waals surface area (Å²) in [6.45, 7) is 0. The molecule has 0 radical (unpaired) electrons. The zero-order valence-electron chi connectivity index (χ0n) is 10.2. The van der Waals surface area contributed by atoms with Crippen molar-refractivity contribution in [1.82, 2.24) is 0 Å². The molecule has 1 fully saturated rings. The highest BCUT2D eigenvalue weighted by molar-refractivity contribution is 5.48. The standard InChI is InChI=1S/C13H15F4NO/c14-7-6-8(15)12(17)13(11(7)16)18-9-4-2-1-3-5-10(9)19/h6,9-10,18-19H,1-5H2.